The lowest BCUT2D eigenvalue weighted by Crippen LogP contribution is -2.53. The Kier molecular flexibility index (Phi) is 8.34. The minimum Gasteiger partial charge on any atom is -0.481 e. The number of carboxylic acids is 1. The van der Waals surface area contributed by atoms with E-state index < -0.39 is 21.4 Å². The lowest BCUT2D eigenvalue weighted by Gasteiger charge is -2.53. The molecule has 0 aliphatic heterocycles. The van der Waals surface area contributed by atoms with Gasteiger partial charge in [-0.1, -0.05) is 59.9 Å². The van der Waals surface area contributed by atoms with Crippen LogP contribution in [-0.4, -0.2) is 38.4 Å². The maximum absolute atomic E-state index is 12.5. The Morgan fingerprint density at radius 1 is 1.24 bits per heavy atom. The molecule has 0 aromatic heterocycles. The summed E-state index contributed by atoms with van der Waals surface area (Å²) in [6.07, 6.45) is 2.84. The normalized spacial score (nSPS) is 26.2. The number of fused-ring (bicyclic) bond motifs is 3. The fourth-order valence-electron chi connectivity index (χ4n) is 6.08. The van der Waals surface area contributed by atoms with E-state index in [2.05, 4.69) is 58.7 Å². The SMILES string of the molecule is CC(C)c1cc2c(cc1Br)[C@@]1(C)CCC[C@@](C)(C(=O)O)[C@@H]1C/C2=N\OCCNS(=O)(=O)c1ccc(Cl)cc1. The molecule has 4 rings (SSSR count). The zero-order chi connectivity index (χ0) is 27.9. The van der Waals surface area contributed by atoms with Crippen molar-refractivity contribution in [2.24, 2.45) is 16.5 Å². The fraction of sp³-hybridized carbons (Fsp3) is 0.500. The van der Waals surface area contributed by atoms with Crippen molar-refractivity contribution in [2.75, 3.05) is 13.2 Å². The summed E-state index contributed by atoms with van der Waals surface area (Å²) in [4.78, 5) is 18.2. The number of rotatable bonds is 8. The van der Waals surface area contributed by atoms with Gasteiger partial charge in [0.05, 0.1) is 16.0 Å². The molecule has 0 unspecified atom stereocenters. The summed E-state index contributed by atoms with van der Waals surface area (Å²) in [6.45, 7) is 8.34. The Morgan fingerprint density at radius 3 is 2.55 bits per heavy atom. The number of benzene rings is 2. The van der Waals surface area contributed by atoms with E-state index in [1.54, 1.807) is 0 Å². The van der Waals surface area contributed by atoms with E-state index in [1.807, 2.05) is 6.92 Å². The van der Waals surface area contributed by atoms with Crippen molar-refractivity contribution in [3.05, 3.63) is 62.6 Å². The number of hydrogen-bond donors (Lipinski definition) is 2. The van der Waals surface area contributed by atoms with Crippen molar-refractivity contribution in [3.8, 4) is 0 Å². The Bertz CT molecular complexity index is 1360. The highest BCUT2D eigenvalue weighted by Gasteiger charge is 2.56. The molecule has 206 valence electrons. The summed E-state index contributed by atoms with van der Waals surface area (Å²) >= 11 is 9.60. The predicted octanol–water partition coefficient (Wildman–Crippen LogP) is 6.48. The molecule has 2 aliphatic rings. The van der Waals surface area contributed by atoms with E-state index in [4.69, 9.17) is 16.4 Å². The molecule has 2 aromatic carbocycles. The van der Waals surface area contributed by atoms with E-state index in [9.17, 15) is 18.3 Å². The summed E-state index contributed by atoms with van der Waals surface area (Å²) in [5, 5.41) is 15.2. The van der Waals surface area contributed by atoms with Crippen LogP contribution in [0.1, 0.15) is 76.0 Å². The van der Waals surface area contributed by atoms with Gasteiger partial charge in [0, 0.05) is 21.6 Å². The number of carbonyl (C=O) groups is 1. The Labute approximate surface area is 238 Å². The van der Waals surface area contributed by atoms with Gasteiger partial charge in [-0.15, -0.1) is 0 Å². The maximum atomic E-state index is 12.5. The zero-order valence-corrected chi connectivity index (χ0v) is 25.2. The standard InChI is InChI=1S/C28H34BrClN2O5S/c1-17(2)20-14-21-22(15-23(20)29)27(3)10-5-11-28(4,26(33)34)25(27)16-24(21)32-37-13-12-31-38(35,36)19-8-6-18(30)7-9-19/h6-9,14-15,17,25,31H,5,10-13,16H2,1-4H3,(H,33,34)/b32-24+/t25-,27-,28-/m1/s1. The third-order valence-corrected chi connectivity index (χ3v) is 10.7. The van der Waals surface area contributed by atoms with E-state index in [-0.39, 0.29) is 35.3 Å². The number of sulfonamides is 1. The molecular formula is C28H34BrClN2O5S. The number of hydrogen-bond acceptors (Lipinski definition) is 5. The second-order valence-electron chi connectivity index (χ2n) is 11.0. The molecule has 0 bridgehead atoms. The highest BCUT2D eigenvalue weighted by atomic mass is 79.9. The highest BCUT2D eigenvalue weighted by Crippen LogP contribution is 2.58. The lowest BCUT2D eigenvalue weighted by molar-refractivity contribution is -0.156. The lowest BCUT2D eigenvalue weighted by atomic mass is 9.49. The molecule has 2 N–H and O–H groups in total. The van der Waals surface area contributed by atoms with Crippen LogP contribution in [0.3, 0.4) is 0 Å². The average Bonchev–Trinajstić information content (AvgIpc) is 2.84. The molecule has 3 atom stereocenters. The van der Waals surface area contributed by atoms with Crippen LogP contribution in [0.15, 0.2) is 50.9 Å². The zero-order valence-electron chi connectivity index (χ0n) is 22.1. The second-order valence-corrected chi connectivity index (χ2v) is 14.1. The van der Waals surface area contributed by atoms with Gasteiger partial charge < -0.3 is 9.94 Å². The van der Waals surface area contributed by atoms with Crippen molar-refractivity contribution in [1.29, 1.82) is 0 Å². The van der Waals surface area contributed by atoms with Gasteiger partial charge in [0.25, 0.3) is 0 Å². The van der Waals surface area contributed by atoms with Gasteiger partial charge in [-0.05, 0) is 91.0 Å². The molecule has 10 heteroatoms. The number of halogens is 2. The highest BCUT2D eigenvalue weighted by molar-refractivity contribution is 9.10. The van der Waals surface area contributed by atoms with Crippen LogP contribution in [0, 0.1) is 11.3 Å². The van der Waals surface area contributed by atoms with Gasteiger partial charge in [-0.2, -0.15) is 0 Å². The topological polar surface area (TPSA) is 105 Å². The minimum atomic E-state index is -3.71. The third-order valence-electron chi connectivity index (χ3n) is 8.29. The number of aliphatic carboxylic acids is 1. The van der Waals surface area contributed by atoms with Crippen LogP contribution in [0.5, 0.6) is 0 Å². The molecule has 2 aromatic rings. The number of nitrogens with zero attached hydrogens (tertiary/aromatic N) is 1. The molecule has 0 radical (unpaired) electrons. The van der Waals surface area contributed by atoms with Gasteiger partial charge in [-0.25, -0.2) is 13.1 Å². The first-order chi connectivity index (χ1) is 17.8. The largest absolute Gasteiger partial charge is 0.481 e. The summed E-state index contributed by atoms with van der Waals surface area (Å²) in [5.41, 5.74) is 2.71. The van der Waals surface area contributed by atoms with E-state index in [0.29, 0.717) is 23.6 Å². The van der Waals surface area contributed by atoms with Crippen molar-refractivity contribution in [2.45, 2.75) is 69.6 Å². The van der Waals surface area contributed by atoms with Crippen LogP contribution in [0.25, 0.3) is 0 Å². The summed E-state index contributed by atoms with van der Waals surface area (Å²) in [6, 6.07) is 10.2. The van der Waals surface area contributed by atoms with Crippen LogP contribution in [0.4, 0.5) is 0 Å². The number of carboxylic acid groups (broad SMARTS) is 1. The molecule has 0 heterocycles. The van der Waals surface area contributed by atoms with Gasteiger partial charge in [0.1, 0.15) is 6.61 Å². The Morgan fingerprint density at radius 2 is 1.92 bits per heavy atom. The number of nitrogens with one attached hydrogen (secondary N) is 1. The van der Waals surface area contributed by atoms with Gasteiger partial charge in [0.2, 0.25) is 10.0 Å². The summed E-state index contributed by atoms with van der Waals surface area (Å²) in [5.74, 6) is -0.664. The second kappa shape index (κ2) is 10.9. The molecule has 2 aliphatic carbocycles. The number of oxime groups is 1. The Balaban J connectivity index is 1.61. The van der Waals surface area contributed by atoms with Crippen LogP contribution >= 0.6 is 27.5 Å². The van der Waals surface area contributed by atoms with Crippen molar-refractivity contribution in [3.63, 3.8) is 0 Å². The first kappa shape index (κ1) is 29.1. The van der Waals surface area contributed by atoms with Crippen molar-refractivity contribution < 1.29 is 23.2 Å². The summed E-state index contributed by atoms with van der Waals surface area (Å²) < 4.78 is 28.6. The summed E-state index contributed by atoms with van der Waals surface area (Å²) in [7, 11) is -3.71. The molecule has 0 saturated heterocycles. The van der Waals surface area contributed by atoms with Gasteiger partial charge in [-0.3, -0.25) is 4.79 Å². The average molecular weight is 626 g/mol. The smallest absolute Gasteiger partial charge is 0.309 e. The van der Waals surface area contributed by atoms with Gasteiger partial charge >= 0.3 is 5.97 Å². The quantitative estimate of drug-likeness (QED) is 0.258. The molecule has 1 saturated carbocycles. The molecule has 38 heavy (non-hydrogen) atoms. The van der Waals surface area contributed by atoms with E-state index >= 15 is 0 Å². The fourth-order valence-corrected chi connectivity index (χ4v) is 8.02. The van der Waals surface area contributed by atoms with E-state index in [0.717, 1.165) is 34.0 Å². The van der Waals surface area contributed by atoms with Crippen LogP contribution in [0.2, 0.25) is 5.02 Å². The maximum Gasteiger partial charge on any atom is 0.309 e. The molecular weight excluding hydrogens is 592 g/mol. The third kappa shape index (κ3) is 5.40. The predicted molar refractivity (Wildman–Crippen MR) is 152 cm³/mol. The first-order valence-electron chi connectivity index (χ1n) is 12.8. The molecule has 7 nitrogen and oxygen atoms in total. The van der Waals surface area contributed by atoms with Gasteiger partial charge in [0.15, 0.2) is 0 Å². The van der Waals surface area contributed by atoms with Crippen molar-refractivity contribution >= 4 is 49.2 Å². The van der Waals surface area contributed by atoms with E-state index in [1.165, 1.54) is 24.3 Å². The van der Waals surface area contributed by atoms with Crippen LogP contribution in [-0.2, 0) is 25.1 Å². The minimum absolute atomic E-state index is 0.0252. The molecule has 1 fully saturated rings. The van der Waals surface area contributed by atoms with Crippen LogP contribution < -0.4 is 4.72 Å². The van der Waals surface area contributed by atoms with Crippen molar-refractivity contribution in [1.82, 2.24) is 4.72 Å². The Hall–Kier alpha value is -1.94. The first-order valence-corrected chi connectivity index (χ1v) is 15.5. The monoisotopic (exact) mass is 624 g/mol. The molecule has 0 spiro atoms. The molecule has 0 amide bonds.